The molecule has 0 heterocycles. The van der Waals surface area contributed by atoms with Gasteiger partial charge in [0.15, 0.2) is 0 Å². The number of benzene rings is 3. The lowest BCUT2D eigenvalue weighted by Gasteiger charge is -2.22. The summed E-state index contributed by atoms with van der Waals surface area (Å²) in [6.07, 6.45) is -4.52. The molecule has 0 unspecified atom stereocenters. The molecule has 0 radical (unpaired) electrons. The minimum Gasteiger partial charge on any atom is -0.325 e. The van der Waals surface area contributed by atoms with Gasteiger partial charge >= 0.3 is 6.18 Å². The monoisotopic (exact) mass is 550 g/mol. The second-order valence-corrected chi connectivity index (χ2v) is 10.3. The largest absolute Gasteiger partial charge is 0.416 e. The lowest BCUT2D eigenvalue weighted by Crippen LogP contribution is -2.37. The number of sulfonamides is 1. The predicted octanol–water partition coefficient (Wildman–Crippen LogP) is 6.50. The Morgan fingerprint density at radius 1 is 0.882 bits per heavy atom. The first-order valence-electron chi connectivity index (χ1n) is 9.53. The van der Waals surface area contributed by atoms with Crippen molar-refractivity contribution in [3.8, 4) is 0 Å². The van der Waals surface area contributed by atoms with Crippen LogP contribution < -0.4 is 5.32 Å². The van der Waals surface area contributed by atoms with E-state index in [1.807, 2.05) is 0 Å². The predicted molar refractivity (Wildman–Crippen MR) is 126 cm³/mol. The second-order valence-electron chi connectivity index (χ2n) is 7.10. The van der Waals surface area contributed by atoms with Crippen LogP contribution in [0, 0.1) is 0 Å². The molecule has 3 rings (SSSR count). The zero-order valence-corrected chi connectivity index (χ0v) is 20.2. The fourth-order valence-electron chi connectivity index (χ4n) is 2.93. The molecule has 12 heteroatoms. The van der Waals surface area contributed by atoms with Gasteiger partial charge in [-0.15, -0.1) is 0 Å². The smallest absolute Gasteiger partial charge is 0.325 e. The average molecular weight is 552 g/mol. The maximum atomic E-state index is 13.3. The van der Waals surface area contributed by atoms with Gasteiger partial charge in [0, 0.05) is 17.3 Å². The number of anilines is 1. The summed E-state index contributed by atoms with van der Waals surface area (Å²) in [5, 5.41) is 3.22. The van der Waals surface area contributed by atoms with Crippen molar-refractivity contribution in [2.45, 2.75) is 17.6 Å². The molecular formula is C22H16Cl3F3N2O3S. The van der Waals surface area contributed by atoms with Crippen LogP contribution >= 0.6 is 34.8 Å². The number of halogens is 6. The topological polar surface area (TPSA) is 66.5 Å². The Morgan fingerprint density at radius 2 is 1.50 bits per heavy atom. The van der Waals surface area contributed by atoms with Gasteiger partial charge in [0.1, 0.15) is 0 Å². The minimum atomic E-state index is -4.52. The number of rotatable bonds is 7. The molecule has 0 bridgehead atoms. The number of hydrogen-bond acceptors (Lipinski definition) is 3. The molecule has 1 amide bonds. The first-order valence-corrected chi connectivity index (χ1v) is 12.1. The Kier molecular flexibility index (Phi) is 8.15. The Labute approximate surface area is 209 Å². The molecule has 0 fully saturated rings. The Morgan fingerprint density at radius 3 is 2.06 bits per heavy atom. The van der Waals surface area contributed by atoms with Crippen molar-refractivity contribution in [2.24, 2.45) is 0 Å². The zero-order valence-electron chi connectivity index (χ0n) is 17.1. The van der Waals surface area contributed by atoms with E-state index in [1.165, 1.54) is 36.4 Å². The molecular weight excluding hydrogens is 536 g/mol. The molecule has 34 heavy (non-hydrogen) atoms. The number of alkyl halides is 3. The van der Waals surface area contributed by atoms with Gasteiger partial charge in [-0.25, -0.2) is 8.42 Å². The zero-order chi connectivity index (χ0) is 25.1. The summed E-state index contributed by atoms with van der Waals surface area (Å²) in [6.45, 7) is -0.839. The highest BCUT2D eigenvalue weighted by Crippen LogP contribution is 2.30. The summed E-state index contributed by atoms with van der Waals surface area (Å²) >= 11 is 17.8. The lowest BCUT2D eigenvalue weighted by atomic mass is 10.2. The number of nitrogens with one attached hydrogen (secondary N) is 1. The summed E-state index contributed by atoms with van der Waals surface area (Å²) in [5.74, 6) is -0.752. The third-order valence-electron chi connectivity index (χ3n) is 4.61. The van der Waals surface area contributed by atoms with Gasteiger partial charge in [-0.05, 0) is 66.2 Å². The van der Waals surface area contributed by atoms with Crippen LogP contribution in [0.1, 0.15) is 11.1 Å². The van der Waals surface area contributed by atoms with E-state index in [0.29, 0.717) is 10.6 Å². The number of nitrogens with zero attached hydrogens (tertiary/aromatic N) is 1. The minimum absolute atomic E-state index is 0.0800. The van der Waals surface area contributed by atoms with Crippen LogP contribution in [0.25, 0.3) is 0 Å². The standard InChI is InChI=1S/C22H16Cl3F3N2O3S/c23-16-4-8-18(9-5-16)34(32,33)30(12-14-1-10-19(24)20(25)11-14)13-21(31)29-17-6-2-15(3-7-17)22(26,27)28/h1-11H,12-13H2,(H,29,31). The van der Waals surface area contributed by atoms with E-state index in [1.54, 1.807) is 6.07 Å². The summed E-state index contributed by atoms with van der Waals surface area (Å²) in [7, 11) is -4.16. The highest BCUT2D eigenvalue weighted by molar-refractivity contribution is 7.89. The number of hydrogen-bond donors (Lipinski definition) is 1. The van der Waals surface area contributed by atoms with Crippen LogP contribution in [0.3, 0.4) is 0 Å². The molecule has 5 nitrogen and oxygen atoms in total. The van der Waals surface area contributed by atoms with Gasteiger partial charge in [0.05, 0.1) is 27.0 Å². The van der Waals surface area contributed by atoms with Crippen molar-refractivity contribution in [2.75, 3.05) is 11.9 Å². The quantitative estimate of drug-likeness (QED) is 0.365. The number of amides is 1. The van der Waals surface area contributed by atoms with Crippen molar-refractivity contribution >= 4 is 56.4 Å². The van der Waals surface area contributed by atoms with Crippen molar-refractivity contribution in [3.05, 3.63) is 92.9 Å². The van der Waals surface area contributed by atoms with E-state index in [0.717, 1.165) is 28.6 Å². The van der Waals surface area contributed by atoms with Gasteiger partial charge in [0.25, 0.3) is 0 Å². The van der Waals surface area contributed by atoms with Crippen molar-refractivity contribution in [1.82, 2.24) is 4.31 Å². The second kappa shape index (κ2) is 10.5. The van der Waals surface area contributed by atoms with Crippen LogP contribution in [0.5, 0.6) is 0 Å². The van der Waals surface area contributed by atoms with E-state index in [-0.39, 0.29) is 27.2 Å². The van der Waals surface area contributed by atoms with Crippen LogP contribution in [-0.4, -0.2) is 25.2 Å². The summed E-state index contributed by atoms with van der Waals surface area (Å²) in [5.41, 5.74) is -0.331. The normalized spacial score (nSPS) is 12.1. The van der Waals surface area contributed by atoms with Crippen LogP contribution in [0.15, 0.2) is 71.6 Å². The maximum Gasteiger partial charge on any atom is 0.416 e. The van der Waals surface area contributed by atoms with Gasteiger partial charge in [0.2, 0.25) is 15.9 Å². The molecule has 180 valence electrons. The molecule has 0 saturated heterocycles. The molecule has 0 aliphatic rings. The number of carbonyl (C=O) groups excluding carboxylic acids is 1. The third-order valence-corrected chi connectivity index (χ3v) is 7.41. The Balaban J connectivity index is 1.86. The highest BCUT2D eigenvalue weighted by atomic mass is 35.5. The van der Waals surface area contributed by atoms with Crippen LogP contribution in [0.4, 0.5) is 18.9 Å². The van der Waals surface area contributed by atoms with E-state index in [2.05, 4.69) is 5.32 Å². The van der Waals surface area contributed by atoms with Gasteiger partial charge in [-0.3, -0.25) is 4.79 Å². The molecule has 3 aromatic rings. The molecule has 1 N–H and O–H groups in total. The number of carbonyl (C=O) groups is 1. The molecule has 0 aliphatic carbocycles. The first kappa shape index (κ1) is 26.3. The van der Waals surface area contributed by atoms with Crippen molar-refractivity contribution in [1.29, 1.82) is 0 Å². The molecule has 0 aromatic heterocycles. The fourth-order valence-corrected chi connectivity index (χ4v) is 4.76. The van der Waals surface area contributed by atoms with E-state index >= 15 is 0 Å². The third kappa shape index (κ3) is 6.64. The maximum absolute atomic E-state index is 13.3. The van der Waals surface area contributed by atoms with Gasteiger partial charge < -0.3 is 5.32 Å². The van der Waals surface area contributed by atoms with E-state index < -0.39 is 34.2 Å². The first-order chi connectivity index (χ1) is 15.9. The Bertz CT molecular complexity index is 1280. The molecule has 0 aliphatic heterocycles. The summed E-state index contributed by atoms with van der Waals surface area (Å²) in [6, 6.07) is 13.7. The molecule has 0 saturated carbocycles. The van der Waals surface area contributed by atoms with Gasteiger partial charge in [-0.2, -0.15) is 17.5 Å². The van der Waals surface area contributed by atoms with E-state index in [9.17, 15) is 26.4 Å². The molecule has 3 aromatic carbocycles. The highest BCUT2D eigenvalue weighted by Gasteiger charge is 2.30. The van der Waals surface area contributed by atoms with Crippen LogP contribution in [-0.2, 0) is 27.5 Å². The van der Waals surface area contributed by atoms with Crippen molar-refractivity contribution < 1.29 is 26.4 Å². The Hall–Kier alpha value is -2.30. The average Bonchev–Trinajstić information content (AvgIpc) is 2.76. The van der Waals surface area contributed by atoms with E-state index in [4.69, 9.17) is 34.8 Å². The summed E-state index contributed by atoms with van der Waals surface area (Å²) < 4.78 is 65.7. The molecule has 0 spiro atoms. The fraction of sp³-hybridized carbons (Fsp3) is 0.136. The molecule has 0 atom stereocenters. The van der Waals surface area contributed by atoms with Crippen molar-refractivity contribution in [3.63, 3.8) is 0 Å². The summed E-state index contributed by atoms with van der Waals surface area (Å²) in [4.78, 5) is 12.5. The van der Waals surface area contributed by atoms with Crippen LogP contribution in [0.2, 0.25) is 15.1 Å². The lowest BCUT2D eigenvalue weighted by molar-refractivity contribution is -0.137. The SMILES string of the molecule is O=C(CN(Cc1ccc(Cl)c(Cl)c1)S(=O)(=O)c1ccc(Cl)cc1)Nc1ccc(C(F)(F)F)cc1. The van der Waals surface area contributed by atoms with Gasteiger partial charge in [-0.1, -0.05) is 40.9 Å².